The van der Waals surface area contributed by atoms with Crippen molar-refractivity contribution in [2.24, 2.45) is 0 Å². The maximum absolute atomic E-state index is 13.5. The molecule has 0 aliphatic rings. The molecule has 186 valence electrons. The number of sulfonamides is 1. The molecule has 0 aliphatic carbocycles. The summed E-state index contributed by atoms with van der Waals surface area (Å²) >= 11 is 5.99. The van der Waals surface area contributed by atoms with Gasteiger partial charge in [0.2, 0.25) is 21.8 Å². The summed E-state index contributed by atoms with van der Waals surface area (Å²) in [5.74, 6) is -0.205. The lowest BCUT2D eigenvalue weighted by molar-refractivity contribution is -0.140. The topological polar surface area (TPSA) is 96.0 Å². The van der Waals surface area contributed by atoms with Gasteiger partial charge in [0, 0.05) is 18.1 Å². The summed E-state index contributed by atoms with van der Waals surface area (Å²) < 4.78 is 31.3. The van der Waals surface area contributed by atoms with Crippen molar-refractivity contribution in [1.29, 1.82) is 0 Å². The van der Waals surface area contributed by atoms with Gasteiger partial charge < -0.3 is 15.0 Å². The molecular formula is C24H32ClN3O5S. The van der Waals surface area contributed by atoms with E-state index < -0.39 is 28.5 Å². The fourth-order valence-corrected chi connectivity index (χ4v) is 4.41. The Morgan fingerprint density at radius 1 is 1.06 bits per heavy atom. The molecule has 1 N–H and O–H groups in total. The Kier molecular flexibility index (Phi) is 10.2. The molecule has 0 saturated heterocycles. The molecule has 0 bridgehead atoms. The van der Waals surface area contributed by atoms with E-state index in [1.165, 1.54) is 12.0 Å². The maximum Gasteiger partial charge on any atom is 0.244 e. The van der Waals surface area contributed by atoms with Crippen LogP contribution in [0.4, 0.5) is 5.69 Å². The highest BCUT2D eigenvalue weighted by Gasteiger charge is 2.31. The number of rotatable bonds is 12. The molecule has 0 fully saturated rings. The monoisotopic (exact) mass is 509 g/mol. The number of ether oxygens (including phenoxy) is 1. The Bertz CT molecular complexity index is 1060. The van der Waals surface area contributed by atoms with Crippen molar-refractivity contribution in [3.63, 3.8) is 0 Å². The summed E-state index contributed by atoms with van der Waals surface area (Å²) in [7, 11) is -2.27. The summed E-state index contributed by atoms with van der Waals surface area (Å²) in [4.78, 5) is 27.8. The number of carbonyl (C=O) groups is 2. The average molecular weight is 510 g/mol. The minimum atomic E-state index is -3.78. The lowest BCUT2D eigenvalue weighted by Crippen LogP contribution is -2.52. The van der Waals surface area contributed by atoms with E-state index in [1.807, 2.05) is 13.8 Å². The predicted octanol–water partition coefficient (Wildman–Crippen LogP) is 3.45. The minimum Gasteiger partial charge on any atom is -0.497 e. The number of hydrogen-bond donors (Lipinski definition) is 1. The van der Waals surface area contributed by atoms with Crippen LogP contribution in [-0.4, -0.2) is 57.6 Å². The van der Waals surface area contributed by atoms with Gasteiger partial charge in [-0.3, -0.25) is 13.9 Å². The quantitative estimate of drug-likeness (QED) is 0.472. The van der Waals surface area contributed by atoms with Crippen molar-refractivity contribution in [2.45, 2.75) is 39.3 Å². The summed E-state index contributed by atoms with van der Waals surface area (Å²) in [6.07, 6.45) is 2.17. The molecule has 0 unspecified atom stereocenters. The highest BCUT2D eigenvalue weighted by atomic mass is 35.5. The number of anilines is 1. The van der Waals surface area contributed by atoms with E-state index in [1.54, 1.807) is 48.5 Å². The number of amides is 2. The Morgan fingerprint density at radius 3 is 2.18 bits per heavy atom. The highest BCUT2D eigenvalue weighted by Crippen LogP contribution is 2.23. The van der Waals surface area contributed by atoms with Crippen molar-refractivity contribution in [2.75, 3.05) is 30.8 Å². The van der Waals surface area contributed by atoms with Crippen LogP contribution < -0.4 is 14.4 Å². The number of hydrogen-bond acceptors (Lipinski definition) is 5. The van der Waals surface area contributed by atoms with Gasteiger partial charge in [-0.05, 0) is 54.8 Å². The number of nitrogens with one attached hydrogen (secondary N) is 1. The first kappa shape index (κ1) is 27.5. The Morgan fingerprint density at radius 2 is 1.68 bits per heavy atom. The van der Waals surface area contributed by atoms with Gasteiger partial charge in [0.05, 0.1) is 19.1 Å². The number of methoxy groups -OCH3 is 1. The van der Waals surface area contributed by atoms with Gasteiger partial charge in [-0.15, -0.1) is 0 Å². The van der Waals surface area contributed by atoms with E-state index >= 15 is 0 Å². The van der Waals surface area contributed by atoms with E-state index in [2.05, 4.69) is 5.32 Å². The maximum atomic E-state index is 13.5. The van der Waals surface area contributed by atoms with E-state index in [4.69, 9.17) is 16.3 Å². The third-order valence-electron chi connectivity index (χ3n) is 5.24. The van der Waals surface area contributed by atoms with Gasteiger partial charge in [-0.2, -0.15) is 0 Å². The third kappa shape index (κ3) is 7.63. The first-order valence-electron chi connectivity index (χ1n) is 11.0. The van der Waals surface area contributed by atoms with Crippen LogP contribution in [0, 0.1) is 0 Å². The zero-order chi connectivity index (χ0) is 25.3. The molecular weight excluding hydrogens is 478 g/mol. The molecule has 2 rings (SSSR count). The minimum absolute atomic E-state index is 0.133. The van der Waals surface area contributed by atoms with Gasteiger partial charge in [0.15, 0.2) is 0 Å². The zero-order valence-electron chi connectivity index (χ0n) is 20.0. The molecule has 0 heterocycles. The summed E-state index contributed by atoms with van der Waals surface area (Å²) in [5.41, 5.74) is 1.10. The van der Waals surface area contributed by atoms with Crippen molar-refractivity contribution in [3.05, 3.63) is 59.1 Å². The molecule has 2 aromatic rings. The van der Waals surface area contributed by atoms with E-state index in [0.717, 1.165) is 22.5 Å². The standard InChI is InChI=1S/C24H32ClN3O5S/c1-5-15-26-24(30)22(6-2)27(16-18-7-9-19(25)10-8-18)23(29)17-28(34(4,31)32)20-11-13-21(33-3)14-12-20/h7-14,22H,5-6,15-17H2,1-4H3,(H,26,30)/t22-/m1/s1. The largest absolute Gasteiger partial charge is 0.497 e. The molecule has 2 aromatic carbocycles. The second-order valence-corrected chi connectivity index (χ2v) is 10.2. The summed E-state index contributed by atoms with van der Waals surface area (Å²) in [6.45, 7) is 3.93. The van der Waals surface area contributed by atoms with Crippen LogP contribution in [0.3, 0.4) is 0 Å². The van der Waals surface area contributed by atoms with Crippen molar-refractivity contribution >= 4 is 39.1 Å². The number of nitrogens with zero attached hydrogens (tertiary/aromatic N) is 2. The van der Waals surface area contributed by atoms with Crippen LogP contribution in [0.1, 0.15) is 32.3 Å². The van der Waals surface area contributed by atoms with E-state index in [9.17, 15) is 18.0 Å². The molecule has 8 nitrogen and oxygen atoms in total. The Balaban J connectivity index is 2.40. The van der Waals surface area contributed by atoms with Gasteiger partial charge >= 0.3 is 0 Å². The molecule has 34 heavy (non-hydrogen) atoms. The fourth-order valence-electron chi connectivity index (χ4n) is 3.43. The van der Waals surface area contributed by atoms with Gasteiger partial charge in [0.25, 0.3) is 0 Å². The van der Waals surface area contributed by atoms with E-state index in [-0.39, 0.29) is 12.5 Å². The molecule has 0 saturated carbocycles. The first-order valence-corrected chi connectivity index (χ1v) is 13.3. The lowest BCUT2D eigenvalue weighted by atomic mass is 10.1. The molecule has 10 heteroatoms. The molecule has 0 aliphatic heterocycles. The summed E-state index contributed by atoms with van der Waals surface area (Å²) in [6, 6.07) is 12.6. The van der Waals surface area contributed by atoms with E-state index in [0.29, 0.717) is 29.4 Å². The summed E-state index contributed by atoms with van der Waals surface area (Å²) in [5, 5.41) is 3.39. The third-order valence-corrected chi connectivity index (χ3v) is 6.63. The predicted molar refractivity (Wildman–Crippen MR) is 135 cm³/mol. The van der Waals surface area contributed by atoms with Crippen LogP contribution in [0.25, 0.3) is 0 Å². The van der Waals surface area contributed by atoms with Gasteiger partial charge in [-0.1, -0.05) is 37.6 Å². The normalized spacial score (nSPS) is 12.0. The molecule has 0 radical (unpaired) electrons. The van der Waals surface area contributed by atoms with Gasteiger partial charge in [0.1, 0.15) is 18.3 Å². The molecule has 0 spiro atoms. The number of carbonyl (C=O) groups excluding carboxylic acids is 2. The second kappa shape index (κ2) is 12.6. The van der Waals surface area contributed by atoms with Crippen LogP contribution in [-0.2, 0) is 26.2 Å². The number of benzene rings is 2. The van der Waals surface area contributed by atoms with Crippen LogP contribution in [0.5, 0.6) is 5.75 Å². The van der Waals surface area contributed by atoms with Crippen LogP contribution in [0.15, 0.2) is 48.5 Å². The van der Waals surface area contributed by atoms with Crippen LogP contribution in [0.2, 0.25) is 5.02 Å². The Hall–Kier alpha value is -2.78. The number of halogens is 1. The van der Waals surface area contributed by atoms with Gasteiger partial charge in [-0.25, -0.2) is 8.42 Å². The van der Waals surface area contributed by atoms with Crippen molar-refractivity contribution in [1.82, 2.24) is 10.2 Å². The zero-order valence-corrected chi connectivity index (χ0v) is 21.5. The smallest absolute Gasteiger partial charge is 0.244 e. The first-order chi connectivity index (χ1) is 16.1. The van der Waals surface area contributed by atoms with Crippen molar-refractivity contribution < 1.29 is 22.7 Å². The average Bonchev–Trinajstić information content (AvgIpc) is 2.81. The SMILES string of the molecule is CCCNC(=O)[C@@H](CC)N(Cc1ccc(Cl)cc1)C(=O)CN(c1ccc(OC)cc1)S(C)(=O)=O. The second-order valence-electron chi connectivity index (χ2n) is 7.83. The molecule has 0 aromatic heterocycles. The molecule has 2 amide bonds. The Labute approximate surface area is 206 Å². The fraction of sp³-hybridized carbons (Fsp3) is 0.417. The molecule has 1 atom stereocenters. The lowest BCUT2D eigenvalue weighted by Gasteiger charge is -2.33. The van der Waals surface area contributed by atoms with Crippen molar-refractivity contribution in [3.8, 4) is 5.75 Å². The highest BCUT2D eigenvalue weighted by molar-refractivity contribution is 7.92. The van der Waals surface area contributed by atoms with Crippen LogP contribution >= 0.6 is 11.6 Å².